The molecule has 0 saturated heterocycles. The molecule has 7 nitrogen and oxygen atoms in total. The van der Waals surface area contributed by atoms with Crippen molar-refractivity contribution in [1.82, 2.24) is 10.6 Å². The van der Waals surface area contributed by atoms with Crippen molar-refractivity contribution in [1.29, 1.82) is 0 Å². The number of alkyl carbamates (subject to hydrolysis) is 1. The lowest BCUT2D eigenvalue weighted by Gasteiger charge is -2.30. The monoisotopic (exact) mass is 543 g/mol. The van der Waals surface area contributed by atoms with Gasteiger partial charge in [0.25, 0.3) is 5.91 Å². The third-order valence-corrected chi connectivity index (χ3v) is 6.61. The first-order chi connectivity index (χ1) is 18.8. The Labute approximate surface area is 237 Å². The van der Waals surface area contributed by atoms with Gasteiger partial charge in [0.2, 0.25) is 5.91 Å². The number of nitrogens with one attached hydrogen (secondary N) is 2. The molecule has 0 heterocycles. The van der Waals surface area contributed by atoms with Gasteiger partial charge < -0.3 is 20.3 Å². The third-order valence-electron chi connectivity index (χ3n) is 6.61. The minimum absolute atomic E-state index is 0.264. The highest BCUT2D eigenvalue weighted by Crippen LogP contribution is 2.25. The van der Waals surface area contributed by atoms with Crippen molar-refractivity contribution in [3.05, 3.63) is 101 Å². The van der Waals surface area contributed by atoms with E-state index in [9.17, 15) is 14.4 Å². The van der Waals surface area contributed by atoms with Crippen molar-refractivity contribution in [2.75, 3.05) is 11.4 Å². The molecule has 0 aliphatic heterocycles. The third kappa shape index (κ3) is 8.70. The average molecular weight is 544 g/mol. The number of rotatable bonds is 9. The summed E-state index contributed by atoms with van der Waals surface area (Å²) in [5, 5.41) is 5.44. The first-order valence-corrected chi connectivity index (χ1v) is 13.6. The van der Waals surface area contributed by atoms with Gasteiger partial charge in [0.1, 0.15) is 17.7 Å². The van der Waals surface area contributed by atoms with E-state index in [1.165, 1.54) is 5.56 Å². The van der Waals surface area contributed by atoms with E-state index in [0.29, 0.717) is 18.5 Å². The van der Waals surface area contributed by atoms with E-state index in [4.69, 9.17) is 4.74 Å². The Morgan fingerprint density at radius 3 is 2.10 bits per heavy atom. The summed E-state index contributed by atoms with van der Waals surface area (Å²) in [6.07, 6.45) is -0.0575. The summed E-state index contributed by atoms with van der Waals surface area (Å²) >= 11 is 0. The highest BCUT2D eigenvalue weighted by atomic mass is 16.6. The summed E-state index contributed by atoms with van der Waals surface area (Å²) in [7, 11) is 0. The lowest BCUT2D eigenvalue weighted by molar-refractivity contribution is -0.128. The number of ether oxygens (including phenoxy) is 1. The normalized spacial score (nSPS) is 12.7. The van der Waals surface area contributed by atoms with E-state index in [0.717, 1.165) is 22.4 Å². The molecule has 0 aromatic heterocycles. The quantitative estimate of drug-likeness (QED) is 0.349. The zero-order valence-electron chi connectivity index (χ0n) is 24.6. The highest BCUT2D eigenvalue weighted by Gasteiger charge is 2.31. The molecule has 0 radical (unpaired) electrons. The van der Waals surface area contributed by atoms with Crippen molar-refractivity contribution < 1.29 is 19.1 Å². The van der Waals surface area contributed by atoms with Crippen LogP contribution in [0.15, 0.2) is 72.8 Å². The van der Waals surface area contributed by atoms with Gasteiger partial charge >= 0.3 is 6.09 Å². The summed E-state index contributed by atoms with van der Waals surface area (Å²) in [5.74, 6) is -0.758. The molecule has 3 rings (SSSR count). The van der Waals surface area contributed by atoms with Crippen molar-refractivity contribution >= 4 is 23.6 Å². The summed E-state index contributed by atoms with van der Waals surface area (Å²) in [5.41, 5.74) is 5.19. The SMILES string of the molecule is Cc1ccc(CCN(C(=O)[C@@H](NC(=O)C(C)NC(=O)OC(C)(C)C)c2ccccc2)c2ccc(C)c(C)c2)cc1. The summed E-state index contributed by atoms with van der Waals surface area (Å²) in [4.78, 5) is 41.5. The Bertz CT molecular complexity index is 1310. The van der Waals surface area contributed by atoms with Crippen LogP contribution in [0, 0.1) is 20.8 Å². The van der Waals surface area contributed by atoms with Crippen LogP contribution < -0.4 is 15.5 Å². The topological polar surface area (TPSA) is 87.7 Å². The highest BCUT2D eigenvalue weighted by molar-refractivity contribution is 6.00. The number of carbonyl (C=O) groups excluding carboxylic acids is 3. The molecule has 7 heteroatoms. The number of hydrogen-bond acceptors (Lipinski definition) is 4. The van der Waals surface area contributed by atoms with Crippen LogP contribution in [0.5, 0.6) is 0 Å². The standard InChI is InChI=1S/C33H41N3O4/c1-22-13-16-26(17-14-22)19-20-36(28-18-15-23(2)24(3)21-28)31(38)29(27-11-9-8-10-12-27)35-30(37)25(4)34-32(39)40-33(5,6)7/h8-18,21,25,29H,19-20H2,1-7H3,(H,34,39)(H,35,37)/t25?,29-/m0/s1. The van der Waals surface area contributed by atoms with Crippen LogP contribution in [-0.4, -0.2) is 36.1 Å². The lowest BCUT2D eigenvalue weighted by atomic mass is 10.0. The second-order valence-corrected chi connectivity index (χ2v) is 11.2. The van der Waals surface area contributed by atoms with Crippen molar-refractivity contribution in [3.63, 3.8) is 0 Å². The first-order valence-electron chi connectivity index (χ1n) is 13.6. The molecule has 3 amide bonds. The molecular weight excluding hydrogens is 502 g/mol. The van der Waals surface area contributed by atoms with Crippen LogP contribution in [0.4, 0.5) is 10.5 Å². The Kier molecular flexibility index (Phi) is 10.1. The Hall–Kier alpha value is -4.13. The molecule has 1 unspecified atom stereocenters. The maximum atomic E-state index is 14.3. The van der Waals surface area contributed by atoms with E-state index in [1.807, 2.05) is 69.3 Å². The van der Waals surface area contributed by atoms with Gasteiger partial charge in [0, 0.05) is 12.2 Å². The number of hydrogen-bond donors (Lipinski definition) is 2. The molecule has 2 atom stereocenters. The second-order valence-electron chi connectivity index (χ2n) is 11.2. The van der Waals surface area contributed by atoms with Gasteiger partial charge in [-0.3, -0.25) is 9.59 Å². The first kappa shape index (κ1) is 30.4. The molecule has 0 bridgehead atoms. The van der Waals surface area contributed by atoms with Crippen LogP contribution in [0.1, 0.15) is 61.6 Å². The maximum Gasteiger partial charge on any atom is 0.408 e. The molecule has 0 fully saturated rings. The average Bonchev–Trinajstić information content (AvgIpc) is 2.89. The van der Waals surface area contributed by atoms with Gasteiger partial charge in [-0.25, -0.2) is 4.79 Å². The maximum absolute atomic E-state index is 14.3. The number of carbonyl (C=O) groups is 3. The Morgan fingerprint density at radius 2 is 1.50 bits per heavy atom. The molecular formula is C33H41N3O4. The zero-order chi connectivity index (χ0) is 29.4. The van der Waals surface area contributed by atoms with Crippen molar-refractivity contribution in [2.45, 2.75) is 72.6 Å². The molecule has 40 heavy (non-hydrogen) atoms. The van der Waals surface area contributed by atoms with Crippen LogP contribution in [0.25, 0.3) is 0 Å². The van der Waals surface area contributed by atoms with Crippen LogP contribution in [0.2, 0.25) is 0 Å². The molecule has 3 aromatic carbocycles. The van der Waals surface area contributed by atoms with E-state index in [2.05, 4.69) is 34.9 Å². The fourth-order valence-electron chi connectivity index (χ4n) is 4.16. The summed E-state index contributed by atoms with van der Waals surface area (Å²) < 4.78 is 5.29. The summed E-state index contributed by atoms with van der Waals surface area (Å²) in [6.45, 7) is 13.3. The number of nitrogens with zero attached hydrogens (tertiary/aromatic N) is 1. The van der Waals surface area contributed by atoms with E-state index < -0.39 is 29.7 Å². The molecule has 3 aromatic rings. The number of anilines is 1. The minimum atomic E-state index is -0.962. The van der Waals surface area contributed by atoms with Gasteiger partial charge in [-0.05, 0) is 89.3 Å². The van der Waals surface area contributed by atoms with Gasteiger partial charge in [0.05, 0.1) is 0 Å². The van der Waals surface area contributed by atoms with Crippen LogP contribution in [0.3, 0.4) is 0 Å². The molecule has 0 aliphatic rings. The van der Waals surface area contributed by atoms with Gasteiger partial charge in [-0.2, -0.15) is 0 Å². The molecule has 2 N–H and O–H groups in total. The van der Waals surface area contributed by atoms with E-state index in [-0.39, 0.29) is 5.91 Å². The fraction of sp³-hybridized carbons (Fsp3) is 0.364. The lowest BCUT2D eigenvalue weighted by Crippen LogP contribution is -2.50. The zero-order valence-corrected chi connectivity index (χ0v) is 24.6. The predicted octanol–water partition coefficient (Wildman–Crippen LogP) is 5.96. The number of aryl methyl sites for hydroxylation is 3. The molecule has 0 spiro atoms. The minimum Gasteiger partial charge on any atom is -0.444 e. The van der Waals surface area contributed by atoms with Crippen LogP contribution >= 0.6 is 0 Å². The van der Waals surface area contributed by atoms with Crippen molar-refractivity contribution in [3.8, 4) is 0 Å². The fourth-order valence-corrected chi connectivity index (χ4v) is 4.16. The predicted molar refractivity (Wildman–Crippen MR) is 159 cm³/mol. The van der Waals surface area contributed by atoms with E-state index in [1.54, 1.807) is 32.6 Å². The van der Waals surface area contributed by atoms with Gasteiger partial charge in [-0.1, -0.05) is 66.2 Å². The molecule has 212 valence electrons. The second kappa shape index (κ2) is 13.3. The van der Waals surface area contributed by atoms with Gasteiger partial charge in [0.15, 0.2) is 0 Å². The Morgan fingerprint density at radius 1 is 0.850 bits per heavy atom. The molecule has 0 saturated carbocycles. The molecule has 0 aliphatic carbocycles. The smallest absolute Gasteiger partial charge is 0.408 e. The number of benzene rings is 3. The Balaban J connectivity index is 1.91. The largest absolute Gasteiger partial charge is 0.444 e. The summed E-state index contributed by atoms with van der Waals surface area (Å²) in [6, 6.07) is 21.5. The van der Waals surface area contributed by atoms with Crippen LogP contribution in [-0.2, 0) is 20.7 Å². The number of amides is 3. The van der Waals surface area contributed by atoms with E-state index >= 15 is 0 Å². The van der Waals surface area contributed by atoms with Crippen molar-refractivity contribution in [2.24, 2.45) is 0 Å². The van der Waals surface area contributed by atoms with Gasteiger partial charge in [-0.15, -0.1) is 0 Å².